The van der Waals surface area contributed by atoms with Crippen molar-refractivity contribution in [3.8, 4) is 0 Å². The molecule has 0 radical (unpaired) electrons. The number of rotatable bonds is 4. The van der Waals surface area contributed by atoms with Crippen LogP contribution in [-0.4, -0.2) is 14.5 Å². The highest BCUT2D eigenvalue weighted by Crippen LogP contribution is 2.28. The standard InChI is InChI=1S/C14H12BrClFN3S/c1-8(14-18-2-3-21-14)7-20-12-4-9(15)10(17)5-11(12)19-13(20)6-16/h2-5,8H,6-7H2,1H3. The Morgan fingerprint density at radius 3 is 2.95 bits per heavy atom. The van der Waals surface area contributed by atoms with E-state index in [0.29, 0.717) is 22.4 Å². The normalized spacial score (nSPS) is 13.0. The van der Waals surface area contributed by atoms with Crippen LogP contribution in [0.4, 0.5) is 4.39 Å². The third-order valence-corrected chi connectivity index (χ3v) is 5.17. The molecule has 3 nitrogen and oxygen atoms in total. The molecule has 3 aromatic rings. The van der Waals surface area contributed by atoms with Crippen molar-refractivity contribution >= 4 is 49.9 Å². The molecule has 0 aliphatic heterocycles. The number of halogens is 3. The van der Waals surface area contributed by atoms with Gasteiger partial charge in [-0.05, 0) is 22.0 Å². The topological polar surface area (TPSA) is 30.7 Å². The number of imidazole rings is 1. The van der Waals surface area contributed by atoms with E-state index in [1.807, 2.05) is 9.95 Å². The Hall–Kier alpha value is -0.980. The molecule has 0 fully saturated rings. The van der Waals surface area contributed by atoms with Crippen molar-refractivity contribution in [2.24, 2.45) is 0 Å². The maximum atomic E-state index is 13.6. The van der Waals surface area contributed by atoms with Crippen LogP contribution in [0.1, 0.15) is 23.7 Å². The van der Waals surface area contributed by atoms with Gasteiger partial charge in [0.15, 0.2) is 0 Å². The molecule has 1 unspecified atom stereocenters. The summed E-state index contributed by atoms with van der Waals surface area (Å²) in [5.41, 5.74) is 1.50. The Kier molecular flexibility index (Phi) is 4.28. The Labute approximate surface area is 138 Å². The summed E-state index contributed by atoms with van der Waals surface area (Å²) in [5.74, 6) is 0.959. The number of hydrogen-bond donors (Lipinski definition) is 0. The van der Waals surface area contributed by atoms with Crippen molar-refractivity contribution in [1.82, 2.24) is 14.5 Å². The predicted molar refractivity (Wildman–Crippen MR) is 87.5 cm³/mol. The fourth-order valence-corrected chi connectivity index (χ4v) is 3.53. The van der Waals surface area contributed by atoms with Crippen LogP contribution >= 0.6 is 38.9 Å². The van der Waals surface area contributed by atoms with Crippen molar-refractivity contribution in [3.05, 3.63) is 44.8 Å². The van der Waals surface area contributed by atoms with Gasteiger partial charge in [0.05, 0.1) is 26.4 Å². The number of fused-ring (bicyclic) bond motifs is 1. The number of alkyl halides is 1. The van der Waals surface area contributed by atoms with Crippen molar-refractivity contribution in [3.63, 3.8) is 0 Å². The van der Waals surface area contributed by atoms with Gasteiger partial charge >= 0.3 is 0 Å². The number of benzene rings is 1. The van der Waals surface area contributed by atoms with Crippen LogP contribution in [0.2, 0.25) is 0 Å². The van der Waals surface area contributed by atoms with Gasteiger partial charge in [-0.1, -0.05) is 6.92 Å². The summed E-state index contributed by atoms with van der Waals surface area (Å²) in [6, 6.07) is 3.18. The summed E-state index contributed by atoms with van der Waals surface area (Å²) in [4.78, 5) is 8.77. The molecule has 21 heavy (non-hydrogen) atoms. The first-order valence-electron chi connectivity index (χ1n) is 6.39. The molecule has 0 spiro atoms. The highest BCUT2D eigenvalue weighted by Gasteiger charge is 2.17. The first kappa shape index (κ1) is 14.9. The third-order valence-electron chi connectivity index (χ3n) is 3.32. The van der Waals surface area contributed by atoms with Crippen LogP contribution in [0, 0.1) is 5.82 Å². The zero-order chi connectivity index (χ0) is 15.0. The zero-order valence-electron chi connectivity index (χ0n) is 11.2. The molecule has 0 bridgehead atoms. The van der Waals surface area contributed by atoms with Crippen LogP contribution in [0.25, 0.3) is 11.0 Å². The van der Waals surface area contributed by atoms with E-state index < -0.39 is 0 Å². The molecule has 0 saturated heterocycles. The maximum absolute atomic E-state index is 13.6. The van der Waals surface area contributed by atoms with Gasteiger partial charge in [-0.2, -0.15) is 0 Å². The average molecular weight is 389 g/mol. The zero-order valence-corrected chi connectivity index (χ0v) is 14.3. The van der Waals surface area contributed by atoms with Crippen molar-refractivity contribution in [2.75, 3.05) is 0 Å². The van der Waals surface area contributed by atoms with Gasteiger partial charge in [0.25, 0.3) is 0 Å². The number of thiazole rings is 1. The first-order valence-corrected chi connectivity index (χ1v) is 8.60. The molecule has 110 valence electrons. The average Bonchev–Trinajstić information content (AvgIpc) is 3.09. The largest absolute Gasteiger partial charge is 0.326 e. The number of aromatic nitrogens is 3. The number of hydrogen-bond acceptors (Lipinski definition) is 3. The molecule has 2 heterocycles. The molecule has 0 saturated carbocycles. The summed E-state index contributed by atoms with van der Waals surface area (Å²) in [7, 11) is 0. The first-order chi connectivity index (χ1) is 10.1. The molecule has 2 aromatic heterocycles. The lowest BCUT2D eigenvalue weighted by Crippen LogP contribution is -2.09. The summed E-state index contributed by atoms with van der Waals surface area (Å²) < 4.78 is 16.1. The fraction of sp³-hybridized carbons (Fsp3) is 0.286. The molecular weight excluding hydrogens is 377 g/mol. The molecule has 0 N–H and O–H groups in total. The molecular formula is C14H12BrClFN3S. The van der Waals surface area contributed by atoms with Crippen molar-refractivity contribution in [2.45, 2.75) is 25.3 Å². The van der Waals surface area contributed by atoms with Gasteiger partial charge < -0.3 is 4.57 Å². The lowest BCUT2D eigenvalue weighted by atomic mass is 10.2. The van der Waals surface area contributed by atoms with Crippen molar-refractivity contribution < 1.29 is 4.39 Å². The Morgan fingerprint density at radius 2 is 2.29 bits per heavy atom. The third kappa shape index (κ3) is 2.84. The van der Waals surface area contributed by atoms with Crippen LogP contribution < -0.4 is 0 Å². The van der Waals surface area contributed by atoms with E-state index in [0.717, 1.165) is 16.3 Å². The second-order valence-electron chi connectivity index (χ2n) is 4.80. The van der Waals surface area contributed by atoms with Crippen LogP contribution in [0.15, 0.2) is 28.2 Å². The molecule has 0 aliphatic carbocycles. The molecule has 1 atom stereocenters. The summed E-state index contributed by atoms with van der Waals surface area (Å²) in [6.07, 6.45) is 1.80. The summed E-state index contributed by atoms with van der Waals surface area (Å²) >= 11 is 10.8. The van der Waals surface area contributed by atoms with Gasteiger partial charge in [-0.3, -0.25) is 0 Å². The van der Waals surface area contributed by atoms with Gasteiger partial charge in [-0.15, -0.1) is 22.9 Å². The number of nitrogens with zero attached hydrogens (tertiary/aromatic N) is 3. The van der Waals surface area contributed by atoms with Gasteiger partial charge in [0.2, 0.25) is 0 Å². The van der Waals surface area contributed by atoms with E-state index >= 15 is 0 Å². The second kappa shape index (κ2) is 6.02. The van der Waals surface area contributed by atoms with Gasteiger partial charge in [0, 0.05) is 30.1 Å². The minimum Gasteiger partial charge on any atom is -0.326 e. The molecule has 7 heteroatoms. The maximum Gasteiger partial charge on any atom is 0.139 e. The Bertz CT molecular complexity index is 772. The van der Waals surface area contributed by atoms with Crippen molar-refractivity contribution in [1.29, 1.82) is 0 Å². The highest BCUT2D eigenvalue weighted by atomic mass is 79.9. The monoisotopic (exact) mass is 387 g/mol. The van der Waals surface area contributed by atoms with Gasteiger partial charge in [0.1, 0.15) is 11.6 Å². The molecule has 3 rings (SSSR count). The van der Waals surface area contributed by atoms with E-state index in [9.17, 15) is 4.39 Å². The van der Waals surface area contributed by atoms with E-state index in [1.54, 1.807) is 23.6 Å². The molecule has 1 aromatic carbocycles. The second-order valence-corrected chi connectivity index (χ2v) is 6.85. The fourth-order valence-electron chi connectivity index (χ4n) is 2.31. The molecule has 0 amide bonds. The Morgan fingerprint density at radius 1 is 1.48 bits per heavy atom. The quantitative estimate of drug-likeness (QED) is 0.593. The summed E-state index contributed by atoms with van der Waals surface area (Å²) in [5, 5.41) is 3.03. The Balaban J connectivity index is 2.05. The SMILES string of the molecule is CC(Cn1c(CCl)nc2cc(F)c(Br)cc21)c1nccs1. The minimum atomic E-state index is -0.318. The van der Waals surface area contributed by atoms with E-state index in [1.165, 1.54) is 6.07 Å². The summed E-state index contributed by atoms with van der Waals surface area (Å²) in [6.45, 7) is 2.82. The lowest BCUT2D eigenvalue weighted by Gasteiger charge is -2.13. The predicted octanol–water partition coefficient (Wildman–Crippen LogP) is 4.94. The van der Waals surface area contributed by atoms with Crippen LogP contribution in [0.5, 0.6) is 0 Å². The van der Waals surface area contributed by atoms with Gasteiger partial charge in [-0.25, -0.2) is 14.4 Å². The highest BCUT2D eigenvalue weighted by molar-refractivity contribution is 9.10. The smallest absolute Gasteiger partial charge is 0.139 e. The lowest BCUT2D eigenvalue weighted by molar-refractivity contribution is 0.591. The molecule has 0 aliphatic rings. The van der Waals surface area contributed by atoms with Crippen LogP contribution in [0.3, 0.4) is 0 Å². The van der Waals surface area contributed by atoms with E-state index in [2.05, 4.69) is 32.8 Å². The van der Waals surface area contributed by atoms with Crippen LogP contribution in [-0.2, 0) is 12.4 Å². The van der Waals surface area contributed by atoms with E-state index in [-0.39, 0.29) is 11.7 Å². The minimum absolute atomic E-state index is 0.244. The van der Waals surface area contributed by atoms with E-state index in [4.69, 9.17) is 11.6 Å².